The predicted octanol–water partition coefficient (Wildman–Crippen LogP) is 6.21. The molecule has 430 valence electrons. The molecule has 0 spiro atoms. The highest BCUT2D eigenvalue weighted by Gasteiger charge is 2.39. The number of nitrogens with one attached hydrogen (secondary N) is 6. The molecule has 0 heterocycles. The lowest BCUT2D eigenvalue weighted by Gasteiger charge is -2.27. The van der Waals surface area contributed by atoms with Gasteiger partial charge in [0, 0.05) is 70.5 Å². The number of likely N-dealkylation sites (N-methyl/N-ethyl adjacent to an activating group) is 2. The van der Waals surface area contributed by atoms with Crippen molar-refractivity contribution in [2.24, 2.45) is 0 Å². The standard InChI is InChI=1S/C52H70Cl4N8O12S2/c1-63(2)47-33-41-43(29-35(53)31-45(41)55)49(47)75-37-7-11-39(12-8-37)77(67,68)61-19-23-73-27-25-71-21-17-59-51(65)57-15-5-6-16-58-52(66)60-18-22-72-26-28-74-24-20-62-78(69,70)40-13-9-38(10-14-40)76-50-44-30-36(54)32-46(56)42(44)34-48(50)64(3)4/h7-14,29-32,47-50,61-62H,5-6,15-28,33-34H2,1-4H3,(H2,57,59,65)(H2,58,60,66)/t47-,48-,49-,50-/m0/s1. The van der Waals surface area contributed by atoms with Gasteiger partial charge >= 0.3 is 12.1 Å². The summed E-state index contributed by atoms with van der Waals surface area (Å²) in [6, 6.07) is 19.0. The van der Waals surface area contributed by atoms with Crippen LogP contribution in [0.3, 0.4) is 0 Å². The number of rotatable bonds is 33. The van der Waals surface area contributed by atoms with E-state index in [1.54, 1.807) is 36.4 Å². The lowest BCUT2D eigenvalue weighted by Crippen LogP contribution is -2.39. The van der Waals surface area contributed by atoms with Crippen LogP contribution in [0.4, 0.5) is 9.59 Å². The zero-order valence-electron chi connectivity index (χ0n) is 44.1. The molecular weight excluding hydrogens is 1130 g/mol. The third-order valence-electron chi connectivity index (χ3n) is 12.7. The van der Waals surface area contributed by atoms with E-state index in [2.05, 4.69) is 40.5 Å². The molecule has 4 aromatic carbocycles. The minimum Gasteiger partial charge on any atom is -0.484 e. The zero-order valence-corrected chi connectivity index (χ0v) is 48.7. The lowest BCUT2D eigenvalue weighted by atomic mass is 10.1. The van der Waals surface area contributed by atoms with E-state index in [-0.39, 0.29) is 125 Å². The molecule has 0 fully saturated rings. The molecule has 0 bridgehead atoms. The molecule has 0 radical (unpaired) electrons. The van der Waals surface area contributed by atoms with Crippen molar-refractivity contribution in [3.05, 3.63) is 115 Å². The van der Waals surface area contributed by atoms with Crippen molar-refractivity contribution in [3.8, 4) is 11.5 Å². The van der Waals surface area contributed by atoms with Gasteiger partial charge in [0.05, 0.1) is 74.7 Å². The van der Waals surface area contributed by atoms with Gasteiger partial charge in [0.2, 0.25) is 20.0 Å². The van der Waals surface area contributed by atoms with Gasteiger partial charge in [-0.15, -0.1) is 0 Å². The topological polar surface area (TPSA) is 236 Å². The fraction of sp³-hybridized carbons (Fsp3) is 0.500. The molecule has 26 heteroatoms. The molecule has 6 N–H and O–H groups in total. The smallest absolute Gasteiger partial charge is 0.314 e. The third kappa shape index (κ3) is 19.2. The normalized spacial score (nSPS) is 17.0. The highest BCUT2D eigenvalue weighted by molar-refractivity contribution is 7.89. The second-order valence-corrected chi connectivity index (χ2v) is 23.9. The first-order chi connectivity index (χ1) is 37.3. The van der Waals surface area contributed by atoms with Crippen molar-refractivity contribution >= 4 is 78.5 Å². The number of urea groups is 2. The Morgan fingerprint density at radius 1 is 0.487 bits per heavy atom. The first-order valence-corrected chi connectivity index (χ1v) is 30.0. The van der Waals surface area contributed by atoms with E-state index in [1.165, 1.54) is 24.3 Å². The Morgan fingerprint density at radius 3 is 1.17 bits per heavy atom. The van der Waals surface area contributed by atoms with Crippen molar-refractivity contribution < 1.29 is 54.8 Å². The van der Waals surface area contributed by atoms with Crippen molar-refractivity contribution in [2.45, 2.75) is 59.8 Å². The van der Waals surface area contributed by atoms with E-state index >= 15 is 0 Å². The van der Waals surface area contributed by atoms with Crippen LogP contribution >= 0.6 is 46.4 Å². The van der Waals surface area contributed by atoms with Gasteiger partial charge in [0.25, 0.3) is 0 Å². The summed E-state index contributed by atoms with van der Waals surface area (Å²) in [6.45, 7) is 3.31. The van der Waals surface area contributed by atoms with Gasteiger partial charge in [0.15, 0.2) is 0 Å². The molecule has 2 aliphatic carbocycles. The molecule has 20 nitrogen and oxygen atoms in total. The lowest BCUT2D eigenvalue weighted by molar-refractivity contribution is 0.0516. The maximum Gasteiger partial charge on any atom is 0.314 e. The summed E-state index contributed by atoms with van der Waals surface area (Å²) in [5, 5.41) is 13.1. The fourth-order valence-electron chi connectivity index (χ4n) is 8.67. The van der Waals surface area contributed by atoms with Crippen LogP contribution in [0.15, 0.2) is 82.6 Å². The molecule has 4 amide bonds. The van der Waals surface area contributed by atoms with E-state index in [9.17, 15) is 26.4 Å². The van der Waals surface area contributed by atoms with Gasteiger partial charge in [-0.1, -0.05) is 46.4 Å². The Kier molecular flexibility index (Phi) is 25.1. The zero-order chi connectivity index (χ0) is 56.2. The summed E-state index contributed by atoms with van der Waals surface area (Å²) >= 11 is 25.6. The third-order valence-corrected chi connectivity index (χ3v) is 16.8. The van der Waals surface area contributed by atoms with Crippen molar-refractivity contribution in [3.63, 3.8) is 0 Å². The monoisotopic (exact) mass is 1200 g/mol. The van der Waals surface area contributed by atoms with Gasteiger partial charge in [-0.25, -0.2) is 35.9 Å². The average Bonchev–Trinajstić information content (AvgIpc) is 4.13. The van der Waals surface area contributed by atoms with Gasteiger partial charge in [-0.05, 0) is 138 Å². The summed E-state index contributed by atoms with van der Waals surface area (Å²) in [5.41, 5.74) is 3.80. The van der Waals surface area contributed by atoms with Crippen molar-refractivity contribution in [2.75, 3.05) is 120 Å². The molecule has 0 aliphatic heterocycles. The highest BCUT2D eigenvalue weighted by atomic mass is 35.5. The molecule has 4 aromatic rings. The van der Waals surface area contributed by atoms with Crippen LogP contribution in [0.5, 0.6) is 11.5 Å². The van der Waals surface area contributed by atoms with Crippen molar-refractivity contribution in [1.82, 2.24) is 40.5 Å². The Labute approximate surface area is 477 Å². The molecule has 0 aromatic heterocycles. The first-order valence-electron chi connectivity index (χ1n) is 25.5. The SMILES string of the molecule is CN(C)[C@H]1Cc2c(Cl)cc(Cl)cc2[C@@H]1Oc1ccc(S(=O)(=O)NCCOCCOCCNC(=O)NCCCCNC(=O)NCCOCCOCCNS(=O)(=O)c2ccc(O[C@H]3c4cc(Cl)cc(Cl)c4C[C@@H]3N(C)C)cc2)cc1. The number of ether oxygens (including phenoxy) is 6. The minimum absolute atomic E-state index is 0.0179. The van der Waals surface area contributed by atoms with Crippen LogP contribution in [0.1, 0.15) is 47.3 Å². The Balaban J connectivity index is 0.694. The van der Waals surface area contributed by atoms with Crippen LogP contribution in [0, 0.1) is 0 Å². The average molecular weight is 1210 g/mol. The molecule has 4 atom stereocenters. The Hall–Kier alpha value is -4.24. The quantitative estimate of drug-likeness (QED) is 0.0291. The van der Waals surface area contributed by atoms with Crippen LogP contribution < -0.4 is 40.2 Å². The summed E-state index contributed by atoms with van der Waals surface area (Å²) in [6.07, 6.45) is 2.02. The number of carbonyl (C=O) groups excluding carboxylic acids is 2. The number of hydrogen-bond acceptors (Lipinski definition) is 14. The number of nitrogens with zero attached hydrogens (tertiary/aromatic N) is 2. The van der Waals surface area contributed by atoms with E-state index in [0.717, 1.165) is 22.3 Å². The Bertz CT molecular complexity index is 2620. The van der Waals surface area contributed by atoms with E-state index in [0.29, 0.717) is 70.4 Å². The summed E-state index contributed by atoms with van der Waals surface area (Å²) in [7, 11) is 0.304. The number of benzene rings is 4. The minimum atomic E-state index is -3.79. The molecular formula is C52H70Cl4N8O12S2. The number of halogens is 4. The highest BCUT2D eigenvalue weighted by Crippen LogP contribution is 2.43. The van der Waals surface area contributed by atoms with Crippen LogP contribution in [0.2, 0.25) is 20.1 Å². The molecule has 0 unspecified atom stereocenters. The largest absolute Gasteiger partial charge is 0.484 e. The number of sulfonamides is 2. The second-order valence-electron chi connectivity index (χ2n) is 18.7. The number of unbranched alkanes of at least 4 members (excludes halogenated alkanes) is 1. The van der Waals surface area contributed by atoms with Gasteiger partial charge in [0.1, 0.15) is 23.7 Å². The van der Waals surface area contributed by atoms with Crippen LogP contribution in [-0.2, 0) is 51.8 Å². The number of hydrogen-bond donors (Lipinski definition) is 6. The number of carbonyl (C=O) groups is 2. The number of fused-ring (bicyclic) bond motifs is 2. The molecule has 0 saturated heterocycles. The molecule has 78 heavy (non-hydrogen) atoms. The summed E-state index contributed by atoms with van der Waals surface area (Å²) in [4.78, 5) is 28.5. The van der Waals surface area contributed by atoms with Gasteiger partial charge in [-0.3, -0.25) is 0 Å². The van der Waals surface area contributed by atoms with Gasteiger partial charge in [-0.2, -0.15) is 0 Å². The second kappa shape index (κ2) is 31.1. The fourth-order valence-corrected chi connectivity index (χ4v) is 11.9. The maximum absolute atomic E-state index is 12.9. The summed E-state index contributed by atoms with van der Waals surface area (Å²) in [5.74, 6) is 1.03. The van der Waals surface area contributed by atoms with Crippen LogP contribution in [0.25, 0.3) is 0 Å². The van der Waals surface area contributed by atoms with E-state index in [1.807, 2.05) is 40.3 Å². The molecule has 0 saturated carbocycles. The maximum atomic E-state index is 12.9. The first kappa shape index (κ1) is 62.9. The van der Waals surface area contributed by atoms with Crippen molar-refractivity contribution in [1.29, 1.82) is 0 Å². The molecule has 2 aliphatic rings. The predicted molar refractivity (Wildman–Crippen MR) is 301 cm³/mol. The van der Waals surface area contributed by atoms with E-state index < -0.39 is 20.0 Å². The molecule has 6 rings (SSSR count). The van der Waals surface area contributed by atoms with Crippen LogP contribution in [-0.4, -0.2) is 171 Å². The van der Waals surface area contributed by atoms with E-state index in [4.69, 9.17) is 74.8 Å². The number of amides is 4. The Morgan fingerprint density at radius 2 is 0.821 bits per heavy atom. The summed E-state index contributed by atoms with van der Waals surface area (Å²) < 4.78 is 91.3. The van der Waals surface area contributed by atoms with Gasteiger partial charge < -0.3 is 59.5 Å².